The number of carbonyl (C=O) groups excluding carboxylic acids is 3. The van der Waals surface area contributed by atoms with Gasteiger partial charge in [-0.05, 0) is 115 Å². The molecule has 15 nitrogen and oxygen atoms in total. The minimum atomic E-state index is -2.74. The molecule has 0 saturated carbocycles. The molecule has 0 aliphatic carbocycles. The largest absolute Gasteiger partial charge is 0.497 e. The van der Waals surface area contributed by atoms with E-state index in [9.17, 15) is 29.9 Å². The van der Waals surface area contributed by atoms with E-state index in [1.807, 2.05) is 105 Å². The van der Waals surface area contributed by atoms with Crippen LogP contribution in [0.5, 0.6) is 11.5 Å². The van der Waals surface area contributed by atoms with E-state index in [0.717, 1.165) is 27.6 Å². The molecule has 4 aliphatic heterocycles. The first-order valence-corrected chi connectivity index (χ1v) is 27.7. The van der Waals surface area contributed by atoms with E-state index in [-0.39, 0.29) is 55.1 Å². The Morgan fingerprint density at radius 1 is 0.901 bits per heavy atom. The van der Waals surface area contributed by atoms with Crippen molar-refractivity contribution in [3.8, 4) is 11.5 Å². The van der Waals surface area contributed by atoms with Gasteiger partial charge in [0, 0.05) is 42.5 Å². The monoisotopic (exact) mass is 981 g/mol. The molecule has 3 amide bonds. The van der Waals surface area contributed by atoms with Gasteiger partial charge in [0.25, 0.3) is 11.6 Å². The quantitative estimate of drug-likeness (QED) is 0.0376. The van der Waals surface area contributed by atoms with Gasteiger partial charge in [0.05, 0.1) is 75.8 Å². The fraction of sp³-hybridized carbons (Fsp3) is 0.400. The minimum absolute atomic E-state index is 0.0508. The van der Waals surface area contributed by atoms with Gasteiger partial charge in [-0.3, -0.25) is 29.4 Å². The van der Waals surface area contributed by atoms with Gasteiger partial charge in [0.2, 0.25) is 11.8 Å². The highest BCUT2D eigenvalue weighted by atomic mass is 28.3. The number of non-ortho nitro benzene ring substituents is 1. The third-order valence-corrected chi connectivity index (χ3v) is 19.7. The third-order valence-electron chi connectivity index (χ3n) is 15.3. The zero-order valence-electron chi connectivity index (χ0n) is 41.0. The predicted molar refractivity (Wildman–Crippen MR) is 273 cm³/mol. The molecule has 6 atom stereocenters. The number of ether oxygens (including phenoxy) is 3. The van der Waals surface area contributed by atoms with Gasteiger partial charge in [-0.25, -0.2) is 0 Å². The number of nitrogens with zero attached hydrogens (tertiary/aromatic N) is 4. The lowest BCUT2D eigenvalue weighted by molar-refractivity contribution is -0.385. The molecule has 5 aromatic carbocycles. The average molecular weight is 982 g/mol. The van der Waals surface area contributed by atoms with Crippen LogP contribution >= 0.6 is 0 Å². The number of fused-ring (bicyclic) bond motifs is 4. The second-order valence-electron chi connectivity index (χ2n) is 19.8. The lowest BCUT2D eigenvalue weighted by atomic mass is 9.82. The molecule has 16 heteroatoms. The van der Waals surface area contributed by atoms with E-state index < -0.39 is 42.7 Å². The van der Waals surface area contributed by atoms with Crippen LogP contribution in [0, 0.1) is 16.0 Å². The Kier molecular flexibility index (Phi) is 14.2. The molecule has 1 saturated heterocycles. The molecule has 0 aromatic heterocycles. The second kappa shape index (κ2) is 20.4. The lowest BCUT2D eigenvalue weighted by Crippen LogP contribution is -2.52. The Morgan fingerprint density at radius 2 is 1.65 bits per heavy atom. The minimum Gasteiger partial charge on any atom is -0.497 e. The van der Waals surface area contributed by atoms with Gasteiger partial charge < -0.3 is 39.5 Å². The van der Waals surface area contributed by atoms with Crippen LogP contribution in [0.1, 0.15) is 60.9 Å². The van der Waals surface area contributed by atoms with Crippen LogP contribution < -0.4 is 29.8 Å². The molecule has 0 radical (unpaired) electrons. The SMILES string of the molecule is CCOc1ccc2c(c1)CC(NCCCCO)C(=O)N2c1cccc(CN2C(=O)[C@]3(O[C@H](CC(=O)N4Cc5ccccc5C[C@H]4CO)[C@@H]([Si](C)(C)c4ccc(OC)cc4)[C@@H]3C)c3cc([N+](=O)[O-])ccc32)c1. The molecule has 3 N–H and O–H groups in total. The number of hydrogen-bond acceptors (Lipinski definition) is 11. The molecule has 1 fully saturated rings. The number of aliphatic hydroxyl groups is 2. The maximum Gasteiger partial charge on any atom is 0.269 e. The van der Waals surface area contributed by atoms with Crippen LogP contribution in [-0.2, 0) is 50.7 Å². The summed E-state index contributed by atoms with van der Waals surface area (Å²) in [5, 5.41) is 37.0. The number of nitro benzene ring substituents is 1. The molecule has 0 bridgehead atoms. The van der Waals surface area contributed by atoms with Crippen LogP contribution in [0.2, 0.25) is 18.6 Å². The highest BCUT2D eigenvalue weighted by Crippen LogP contribution is 2.61. The zero-order chi connectivity index (χ0) is 50.2. The first-order valence-electron chi connectivity index (χ1n) is 24.7. The number of rotatable bonds is 17. The fourth-order valence-electron chi connectivity index (χ4n) is 11.8. The molecule has 9 rings (SSSR count). The van der Waals surface area contributed by atoms with Crippen LogP contribution in [-0.4, -0.2) is 97.5 Å². The number of unbranched alkanes of at least 4 members (excludes halogenated alkanes) is 1. The first-order chi connectivity index (χ1) is 34.2. The average Bonchev–Trinajstić information content (AvgIpc) is 3.80. The maximum absolute atomic E-state index is 15.8. The Bertz CT molecular complexity index is 2820. The van der Waals surface area contributed by atoms with Crippen molar-refractivity contribution >= 4 is 53.7 Å². The van der Waals surface area contributed by atoms with Gasteiger partial charge in [-0.2, -0.15) is 0 Å². The smallest absolute Gasteiger partial charge is 0.269 e. The highest BCUT2D eigenvalue weighted by Gasteiger charge is 2.67. The van der Waals surface area contributed by atoms with Gasteiger partial charge >= 0.3 is 0 Å². The van der Waals surface area contributed by atoms with Crippen molar-refractivity contribution < 1.29 is 43.7 Å². The summed E-state index contributed by atoms with van der Waals surface area (Å²) in [5.74, 6) is 0.101. The van der Waals surface area contributed by atoms with Gasteiger partial charge in [0.15, 0.2) is 5.60 Å². The molecule has 1 unspecified atom stereocenters. The topological polar surface area (TPSA) is 184 Å². The Balaban J connectivity index is 1.09. The summed E-state index contributed by atoms with van der Waals surface area (Å²) in [4.78, 5) is 62.2. The van der Waals surface area contributed by atoms with Crippen molar-refractivity contribution in [2.45, 2.75) is 101 Å². The normalized spacial score (nSPS) is 22.6. The summed E-state index contributed by atoms with van der Waals surface area (Å²) in [5.41, 5.74) is 3.66. The Labute approximate surface area is 415 Å². The summed E-state index contributed by atoms with van der Waals surface area (Å²) in [7, 11) is -1.13. The van der Waals surface area contributed by atoms with E-state index in [0.29, 0.717) is 79.4 Å². The number of nitrogens with one attached hydrogen (secondary N) is 1. The number of aliphatic hydroxyl groups excluding tert-OH is 2. The maximum atomic E-state index is 15.8. The summed E-state index contributed by atoms with van der Waals surface area (Å²) >= 11 is 0. The summed E-state index contributed by atoms with van der Waals surface area (Å²) in [6.45, 7) is 9.60. The van der Waals surface area contributed by atoms with Crippen molar-refractivity contribution in [2.75, 3.05) is 43.3 Å². The van der Waals surface area contributed by atoms with Crippen molar-refractivity contribution in [1.82, 2.24) is 10.2 Å². The number of methoxy groups -OCH3 is 1. The molecule has 1 spiro atoms. The number of hydrogen-bond donors (Lipinski definition) is 3. The van der Waals surface area contributed by atoms with Crippen LogP contribution in [0.3, 0.4) is 0 Å². The number of anilines is 3. The molecule has 372 valence electrons. The van der Waals surface area contributed by atoms with E-state index in [2.05, 4.69) is 18.4 Å². The Hall–Kier alpha value is -6.43. The highest BCUT2D eigenvalue weighted by molar-refractivity contribution is 6.91. The van der Waals surface area contributed by atoms with Gasteiger partial charge in [0.1, 0.15) is 11.5 Å². The van der Waals surface area contributed by atoms with Crippen LogP contribution in [0.15, 0.2) is 109 Å². The zero-order valence-corrected chi connectivity index (χ0v) is 42.0. The summed E-state index contributed by atoms with van der Waals surface area (Å²) in [6.07, 6.45) is 1.42. The fourth-order valence-corrected chi connectivity index (χ4v) is 15.8. The lowest BCUT2D eigenvalue weighted by Gasteiger charge is -2.39. The predicted octanol–water partition coefficient (Wildman–Crippen LogP) is 7.05. The number of benzene rings is 5. The van der Waals surface area contributed by atoms with E-state index >= 15 is 4.79 Å². The van der Waals surface area contributed by atoms with Crippen molar-refractivity contribution in [3.63, 3.8) is 0 Å². The molecule has 5 aromatic rings. The first kappa shape index (κ1) is 49.5. The molecular weight excluding hydrogens is 919 g/mol. The summed E-state index contributed by atoms with van der Waals surface area (Å²) in [6, 6.07) is 32.5. The molecule has 71 heavy (non-hydrogen) atoms. The van der Waals surface area contributed by atoms with Gasteiger partial charge in [-0.1, -0.05) is 73.7 Å². The standard InChI is InChI=1S/C55H63N5O10Si/c1-6-69-44-19-23-48-39(28-44)29-47(56-24-9-10-25-61)53(64)59(48)40-15-11-12-36(26-40)32-58-49-22-16-41(60(66)67)30-46(49)55(54(58)65)35(2)52(71(4,5)45-20-17-43(68-3)18-21-45)50(70-55)31-51(63)57-33-38-14-8-7-13-37(38)27-42(57)34-62/h7-8,11-23,26,28,30,35,42,47,50,52,56,61-62H,6,9-10,24-25,27,29,31-34H2,1-5H3/t35-,42-,47?,50+,52-,55+/m0/s1. The van der Waals surface area contributed by atoms with Crippen LogP contribution in [0.4, 0.5) is 22.7 Å². The van der Waals surface area contributed by atoms with Crippen LogP contribution in [0.25, 0.3) is 0 Å². The Morgan fingerprint density at radius 3 is 2.37 bits per heavy atom. The number of carbonyl (C=O) groups is 3. The third kappa shape index (κ3) is 9.12. The second-order valence-corrected chi connectivity index (χ2v) is 24.4. The molecule has 4 heterocycles. The van der Waals surface area contributed by atoms with Gasteiger partial charge in [-0.15, -0.1) is 0 Å². The van der Waals surface area contributed by atoms with Crippen molar-refractivity contribution in [2.24, 2.45) is 5.92 Å². The van der Waals surface area contributed by atoms with E-state index in [4.69, 9.17) is 14.2 Å². The summed E-state index contributed by atoms with van der Waals surface area (Å²) < 4.78 is 18.7. The number of nitro groups is 1. The molecular formula is C55H63N5O10Si. The van der Waals surface area contributed by atoms with Crippen molar-refractivity contribution in [1.29, 1.82) is 0 Å². The molecule has 4 aliphatic rings. The number of amides is 3. The van der Waals surface area contributed by atoms with Crippen molar-refractivity contribution in [3.05, 3.63) is 147 Å². The van der Waals surface area contributed by atoms with E-state index in [1.54, 1.807) is 27.9 Å². The van der Waals surface area contributed by atoms with E-state index in [1.165, 1.54) is 12.1 Å².